The monoisotopic (exact) mass is 377 g/mol. The van der Waals surface area contributed by atoms with Crippen LogP contribution < -0.4 is 20.3 Å². The number of rotatable bonds is 7. The summed E-state index contributed by atoms with van der Waals surface area (Å²) in [6.45, 7) is 1.34. The number of methoxy groups -OCH3 is 1. The van der Waals surface area contributed by atoms with Gasteiger partial charge in [0.05, 0.1) is 25.3 Å². The molecule has 3 amide bonds. The van der Waals surface area contributed by atoms with E-state index in [2.05, 4.69) is 10.6 Å². The molecule has 1 aliphatic rings. The van der Waals surface area contributed by atoms with Gasteiger partial charge in [0.2, 0.25) is 11.8 Å². The summed E-state index contributed by atoms with van der Waals surface area (Å²) < 4.78 is 10.3. The molecule has 0 aromatic heterocycles. The highest BCUT2D eigenvalue weighted by Crippen LogP contribution is 2.34. The van der Waals surface area contributed by atoms with Gasteiger partial charge in [0.1, 0.15) is 5.75 Å². The molecule has 0 spiro atoms. The number of aryl methyl sites for hydroxylation is 1. The maximum absolute atomic E-state index is 12.4. The number of ether oxygens (including phenoxy) is 2. The Morgan fingerprint density at radius 1 is 1.26 bits per heavy atom. The van der Waals surface area contributed by atoms with Gasteiger partial charge in [0.15, 0.2) is 6.61 Å². The summed E-state index contributed by atoms with van der Waals surface area (Å²) in [5, 5.41) is 4.68. The third-order valence-electron chi connectivity index (χ3n) is 4.15. The number of benzene rings is 1. The smallest absolute Gasteiger partial charge is 0.311 e. The standard InChI is InChI=1S/C18H23N3O6/c1-11-4-5-14(26-3)13(6-11)21-9-12(7-17(21)24)18(25)27-10-16(23)20-8-15(22)19-2/h4-6,12H,7-10H2,1-3H3,(H,19,22)(H,20,23)/t12-/m1/s1. The van der Waals surface area contributed by atoms with E-state index in [0.29, 0.717) is 11.4 Å². The van der Waals surface area contributed by atoms with Crippen LogP contribution in [0.25, 0.3) is 0 Å². The first-order chi connectivity index (χ1) is 12.8. The number of nitrogens with zero attached hydrogens (tertiary/aromatic N) is 1. The van der Waals surface area contributed by atoms with Crippen LogP contribution in [-0.4, -0.2) is 57.5 Å². The van der Waals surface area contributed by atoms with Gasteiger partial charge >= 0.3 is 5.97 Å². The quantitative estimate of drug-likeness (QED) is 0.634. The van der Waals surface area contributed by atoms with E-state index in [4.69, 9.17) is 9.47 Å². The predicted octanol–water partition coefficient (Wildman–Crippen LogP) is -0.238. The average molecular weight is 377 g/mol. The van der Waals surface area contributed by atoms with Gasteiger partial charge in [0, 0.05) is 20.0 Å². The lowest BCUT2D eigenvalue weighted by atomic mass is 10.1. The SMILES string of the molecule is CNC(=O)CNC(=O)COC(=O)[C@@H]1CC(=O)N(c2cc(C)ccc2OC)C1. The molecular formula is C18H23N3O6. The van der Waals surface area contributed by atoms with Crippen LogP contribution in [0.3, 0.4) is 0 Å². The normalized spacial score (nSPS) is 16.0. The largest absolute Gasteiger partial charge is 0.495 e. The van der Waals surface area contributed by atoms with E-state index < -0.39 is 24.4 Å². The van der Waals surface area contributed by atoms with Crippen molar-refractivity contribution in [2.75, 3.05) is 38.8 Å². The minimum atomic E-state index is -0.672. The predicted molar refractivity (Wildman–Crippen MR) is 96.2 cm³/mol. The second kappa shape index (κ2) is 9.02. The molecule has 2 N–H and O–H groups in total. The van der Waals surface area contributed by atoms with Gasteiger partial charge in [-0.3, -0.25) is 19.2 Å². The summed E-state index contributed by atoms with van der Waals surface area (Å²) >= 11 is 0. The van der Waals surface area contributed by atoms with Crippen LogP contribution in [0.1, 0.15) is 12.0 Å². The summed E-state index contributed by atoms with van der Waals surface area (Å²) in [6, 6.07) is 5.45. The fourth-order valence-electron chi connectivity index (χ4n) is 2.68. The lowest BCUT2D eigenvalue weighted by molar-refractivity contribution is -0.152. The molecule has 0 unspecified atom stereocenters. The maximum atomic E-state index is 12.4. The van der Waals surface area contributed by atoms with E-state index in [1.807, 2.05) is 19.1 Å². The molecule has 2 rings (SSSR count). The Kier molecular flexibility index (Phi) is 6.75. The van der Waals surface area contributed by atoms with Gasteiger partial charge in [-0.1, -0.05) is 6.07 Å². The molecule has 1 heterocycles. The first kappa shape index (κ1) is 20.2. The number of likely N-dealkylation sites (N-methyl/N-ethyl adjacent to an activating group) is 1. The first-order valence-corrected chi connectivity index (χ1v) is 8.44. The molecule has 1 saturated heterocycles. The lowest BCUT2D eigenvalue weighted by Gasteiger charge is -2.20. The summed E-state index contributed by atoms with van der Waals surface area (Å²) in [5.41, 5.74) is 1.55. The van der Waals surface area contributed by atoms with Crippen molar-refractivity contribution in [2.45, 2.75) is 13.3 Å². The molecule has 27 heavy (non-hydrogen) atoms. The third kappa shape index (κ3) is 5.19. The Hall–Kier alpha value is -3.10. The van der Waals surface area contributed by atoms with Crippen LogP contribution in [0.2, 0.25) is 0 Å². The Balaban J connectivity index is 1.93. The molecule has 0 radical (unpaired) electrons. The van der Waals surface area contributed by atoms with E-state index >= 15 is 0 Å². The van der Waals surface area contributed by atoms with Crippen LogP contribution in [0.15, 0.2) is 18.2 Å². The van der Waals surface area contributed by atoms with Crippen LogP contribution in [-0.2, 0) is 23.9 Å². The molecule has 0 aliphatic carbocycles. The topological polar surface area (TPSA) is 114 Å². The molecule has 9 heteroatoms. The van der Waals surface area contributed by atoms with Crippen molar-refractivity contribution in [1.82, 2.24) is 10.6 Å². The number of carbonyl (C=O) groups is 4. The van der Waals surface area contributed by atoms with Gasteiger partial charge < -0.3 is 25.0 Å². The number of amides is 3. The highest BCUT2D eigenvalue weighted by molar-refractivity contribution is 6.00. The van der Waals surface area contributed by atoms with E-state index in [-0.39, 0.29) is 31.3 Å². The number of esters is 1. The highest BCUT2D eigenvalue weighted by Gasteiger charge is 2.37. The van der Waals surface area contributed by atoms with Gasteiger partial charge in [-0.2, -0.15) is 0 Å². The molecule has 0 saturated carbocycles. The van der Waals surface area contributed by atoms with E-state index in [0.717, 1.165) is 5.56 Å². The second-order valence-corrected chi connectivity index (χ2v) is 6.14. The molecule has 0 bridgehead atoms. The fourth-order valence-corrected chi connectivity index (χ4v) is 2.68. The van der Waals surface area contributed by atoms with Crippen molar-refractivity contribution >= 4 is 29.4 Å². The Labute approximate surface area is 157 Å². The van der Waals surface area contributed by atoms with Gasteiger partial charge in [0.25, 0.3) is 5.91 Å². The molecule has 1 aromatic carbocycles. The van der Waals surface area contributed by atoms with Crippen LogP contribution in [0.4, 0.5) is 5.69 Å². The number of carbonyl (C=O) groups excluding carboxylic acids is 4. The molecule has 1 atom stereocenters. The highest BCUT2D eigenvalue weighted by atomic mass is 16.5. The summed E-state index contributed by atoms with van der Waals surface area (Å²) in [7, 11) is 2.96. The lowest BCUT2D eigenvalue weighted by Crippen LogP contribution is -2.37. The molecule has 1 aliphatic heterocycles. The Morgan fingerprint density at radius 2 is 2.00 bits per heavy atom. The van der Waals surface area contributed by atoms with Crippen molar-refractivity contribution in [2.24, 2.45) is 5.92 Å². The number of hydrogen-bond acceptors (Lipinski definition) is 6. The molecule has 1 fully saturated rings. The fraction of sp³-hybridized carbons (Fsp3) is 0.444. The first-order valence-electron chi connectivity index (χ1n) is 8.44. The molecule has 146 valence electrons. The number of nitrogens with one attached hydrogen (secondary N) is 2. The van der Waals surface area contributed by atoms with Crippen molar-refractivity contribution < 1.29 is 28.7 Å². The zero-order valence-corrected chi connectivity index (χ0v) is 15.5. The average Bonchev–Trinajstić information content (AvgIpc) is 3.05. The Bertz CT molecular complexity index is 749. The van der Waals surface area contributed by atoms with Crippen LogP contribution >= 0.6 is 0 Å². The number of anilines is 1. The molecular weight excluding hydrogens is 354 g/mol. The van der Waals surface area contributed by atoms with Crippen molar-refractivity contribution in [3.8, 4) is 5.75 Å². The van der Waals surface area contributed by atoms with Gasteiger partial charge in [-0.25, -0.2) is 0 Å². The molecule has 1 aromatic rings. The number of hydrogen-bond donors (Lipinski definition) is 2. The van der Waals surface area contributed by atoms with Crippen molar-refractivity contribution in [3.63, 3.8) is 0 Å². The van der Waals surface area contributed by atoms with Crippen molar-refractivity contribution in [1.29, 1.82) is 0 Å². The van der Waals surface area contributed by atoms with Gasteiger partial charge in [-0.05, 0) is 24.6 Å². The van der Waals surface area contributed by atoms with E-state index in [1.54, 1.807) is 6.07 Å². The minimum absolute atomic E-state index is 0.00418. The second-order valence-electron chi connectivity index (χ2n) is 6.14. The van der Waals surface area contributed by atoms with Gasteiger partial charge in [-0.15, -0.1) is 0 Å². The van der Waals surface area contributed by atoms with Crippen LogP contribution in [0.5, 0.6) is 5.75 Å². The van der Waals surface area contributed by atoms with E-state index in [1.165, 1.54) is 19.1 Å². The van der Waals surface area contributed by atoms with Crippen LogP contribution in [0, 0.1) is 12.8 Å². The summed E-state index contributed by atoms with van der Waals surface area (Å²) in [6.07, 6.45) is -0.00418. The zero-order valence-electron chi connectivity index (χ0n) is 15.5. The third-order valence-corrected chi connectivity index (χ3v) is 4.15. The Morgan fingerprint density at radius 3 is 2.67 bits per heavy atom. The summed E-state index contributed by atoms with van der Waals surface area (Å²) in [4.78, 5) is 48.7. The van der Waals surface area contributed by atoms with Crippen molar-refractivity contribution in [3.05, 3.63) is 23.8 Å². The minimum Gasteiger partial charge on any atom is -0.495 e. The van der Waals surface area contributed by atoms with E-state index in [9.17, 15) is 19.2 Å². The maximum Gasteiger partial charge on any atom is 0.311 e. The zero-order chi connectivity index (χ0) is 20.0. The molecule has 9 nitrogen and oxygen atoms in total. The summed E-state index contributed by atoms with van der Waals surface area (Å²) in [5.74, 6) is -1.93.